The molecule has 0 bridgehead atoms. The molecule has 2 amide bonds. The summed E-state index contributed by atoms with van der Waals surface area (Å²) >= 11 is 0. The Bertz CT molecular complexity index is 291. The van der Waals surface area contributed by atoms with E-state index >= 15 is 0 Å². The second kappa shape index (κ2) is 6.05. The molecule has 1 aliphatic heterocycles. The van der Waals surface area contributed by atoms with Crippen LogP contribution >= 0.6 is 0 Å². The van der Waals surface area contributed by atoms with E-state index in [0.717, 1.165) is 19.4 Å². The number of carbonyl (C=O) groups is 1. The summed E-state index contributed by atoms with van der Waals surface area (Å²) in [5, 5.41) is 3.04. The molecule has 1 saturated heterocycles. The molecule has 2 atom stereocenters. The highest BCUT2D eigenvalue weighted by Gasteiger charge is 2.21. The number of urea groups is 1. The van der Waals surface area contributed by atoms with Gasteiger partial charge in [0, 0.05) is 19.6 Å². The molecule has 0 aromatic heterocycles. The zero-order valence-corrected chi connectivity index (χ0v) is 10.5. The Morgan fingerprint density at radius 1 is 1.53 bits per heavy atom. The summed E-state index contributed by atoms with van der Waals surface area (Å²) in [6, 6.07) is 0.0645. The van der Waals surface area contributed by atoms with Gasteiger partial charge in [0.1, 0.15) is 0 Å². The maximum atomic E-state index is 11.9. The molecule has 2 rings (SSSR count). The molecule has 17 heavy (non-hydrogen) atoms. The number of hydrogen-bond acceptors (Lipinski definition) is 2. The Kier molecular flexibility index (Phi) is 4.42. The van der Waals surface area contributed by atoms with Gasteiger partial charge in [-0.25, -0.2) is 4.79 Å². The maximum absolute atomic E-state index is 11.9. The molecule has 0 aromatic rings. The van der Waals surface area contributed by atoms with E-state index in [4.69, 9.17) is 4.74 Å². The molecule has 1 fully saturated rings. The Hall–Kier alpha value is -1.03. The van der Waals surface area contributed by atoms with Crippen LogP contribution in [0.4, 0.5) is 4.79 Å². The SMILES string of the molecule is CC1CN(C(=O)NCC2CC=CCC2)CCO1. The first-order valence-corrected chi connectivity index (χ1v) is 6.55. The van der Waals surface area contributed by atoms with Crippen molar-refractivity contribution in [1.29, 1.82) is 0 Å². The molecule has 96 valence electrons. The van der Waals surface area contributed by atoms with Crippen LogP contribution in [0.5, 0.6) is 0 Å². The van der Waals surface area contributed by atoms with Gasteiger partial charge < -0.3 is 15.0 Å². The predicted octanol–water partition coefficient (Wildman–Crippen LogP) is 1.77. The minimum absolute atomic E-state index is 0.0645. The molecular weight excluding hydrogens is 216 g/mol. The fourth-order valence-corrected chi connectivity index (χ4v) is 2.39. The van der Waals surface area contributed by atoms with Crippen LogP contribution < -0.4 is 5.32 Å². The number of hydrogen-bond donors (Lipinski definition) is 1. The summed E-state index contributed by atoms with van der Waals surface area (Å²) < 4.78 is 5.42. The van der Waals surface area contributed by atoms with Crippen LogP contribution in [-0.2, 0) is 4.74 Å². The normalized spacial score (nSPS) is 29.1. The van der Waals surface area contributed by atoms with Gasteiger partial charge in [0.15, 0.2) is 0 Å². The summed E-state index contributed by atoms with van der Waals surface area (Å²) in [5.74, 6) is 0.613. The van der Waals surface area contributed by atoms with Gasteiger partial charge in [-0.1, -0.05) is 12.2 Å². The second-order valence-electron chi connectivity index (χ2n) is 4.96. The number of nitrogens with one attached hydrogen (secondary N) is 1. The van der Waals surface area contributed by atoms with Crippen molar-refractivity contribution in [1.82, 2.24) is 10.2 Å². The van der Waals surface area contributed by atoms with Crippen LogP contribution in [0.15, 0.2) is 12.2 Å². The number of carbonyl (C=O) groups excluding carboxylic acids is 1. The quantitative estimate of drug-likeness (QED) is 0.745. The van der Waals surface area contributed by atoms with Gasteiger partial charge in [0.05, 0.1) is 12.7 Å². The van der Waals surface area contributed by atoms with Gasteiger partial charge in [-0.3, -0.25) is 0 Å². The van der Waals surface area contributed by atoms with E-state index in [2.05, 4.69) is 17.5 Å². The minimum atomic E-state index is 0.0645. The van der Waals surface area contributed by atoms with Crippen molar-refractivity contribution in [2.75, 3.05) is 26.2 Å². The van der Waals surface area contributed by atoms with Crippen molar-refractivity contribution >= 4 is 6.03 Å². The molecule has 0 aromatic carbocycles. The van der Waals surface area contributed by atoms with Crippen LogP contribution in [0.1, 0.15) is 26.2 Å². The fourth-order valence-electron chi connectivity index (χ4n) is 2.39. The van der Waals surface area contributed by atoms with Crippen molar-refractivity contribution in [2.24, 2.45) is 5.92 Å². The predicted molar refractivity (Wildman–Crippen MR) is 66.9 cm³/mol. The molecule has 1 aliphatic carbocycles. The number of rotatable bonds is 2. The Labute approximate surface area is 103 Å². The van der Waals surface area contributed by atoms with E-state index in [1.165, 1.54) is 6.42 Å². The van der Waals surface area contributed by atoms with E-state index < -0.39 is 0 Å². The Balaban J connectivity index is 1.71. The van der Waals surface area contributed by atoms with Crippen LogP contribution in [0.25, 0.3) is 0 Å². The summed E-state index contributed by atoms with van der Waals surface area (Å²) in [6.07, 6.45) is 8.04. The monoisotopic (exact) mass is 238 g/mol. The van der Waals surface area contributed by atoms with Crippen LogP contribution in [-0.4, -0.2) is 43.3 Å². The van der Waals surface area contributed by atoms with E-state index in [1.54, 1.807) is 0 Å². The third-order valence-corrected chi connectivity index (χ3v) is 3.45. The molecular formula is C13H22N2O2. The fraction of sp³-hybridized carbons (Fsp3) is 0.769. The smallest absolute Gasteiger partial charge is 0.317 e. The van der Waals surface area contributed by atoms with Gasteiger partial charge in [0.2, 0.25) is 0 Å². The molecule has 1 N–H and O–H groups in total. The lowest BCUT2D eigenvalue weighted by molar-refractivity contribution is -0.00358. The largest absolute Gasteiger partial charge is 0.375 e. The topological polar surface area (TPSA) is 41.6 Å². The highest BCUT2D eigenvalue weighted by atomic mass is 16.5. The zero-order chi connectivity index (χ0) is 12.1. The lowest BCUT2D eigenvalue weighted by Crippen LogP contribution is -2.49. The zero-order valence-electron chi connectivity index (χ0n) is 10.5. The summed E-state index contributed by atoms with van der Waals surface area (Å²) in [5.41, 5.74) is 0. The third kappa shape index (κ3) is 3.73. The first-order chi connectivity index (χ1) is 8.25. The van der Waals surface area contributed by atoms with Crippen LogP contribution in [0.2, 0.25) is 0 Å². The molecule has 0 radical (unpaired) electrons. The maximum Gasteiger partial charge on any atom is 0.317 e. The molecule has 2 aliphatic rings. The highest BCUT2D eigenvalue weighted by molar-refractivity contribution is 5.74. The summed E-state index contributed by atoms with van der Waals surface area (Å²) in [4.78, 5) is 13.8. The van der Waals surface area contributed by atoms with Gasteiger partial charge in [-0.15, -0.1) is 0 Å². The van der Waals surface area contributed by atoms with Crippen molar-refractivity contribution < 1.29 is 9.53 Å². The average Bonchev–Trinajstić information content (AvgIpc) is 2.37. The molecule has 4 nitrogen and oxygen atoms in total. The van der Waals surface area contributed by atoms with E-state index in [0.29, 0.717) is 25.6 Å². The van der Waals surface area contributed by atoms with Gasteiger partial charge in [-0.05, 0) is 32.1 Å². The van der Waals surface area contributed by atoms with Gasteiger partial charge >= 0.3 is 6.03 Å². The first-order valence-electron chi connectivity index (χ1n) is 6.55. The van der Waals surface area contributed by atoms with Crippen molar-refractivity contribution in [3.63, 3.8) is 0 Å². The Morgan fingerprint density at radius 2 is 2.41 bits per heavy atom. The molecule has 0 spiro atoms. The van der Waals surface area contributed by atoms with E-state index in [1.807, 2.05) is 11.8 Å². The standard InChI is InChI=1S/C13H22N2O2/c1-11-10-15(7-8-17-11)13(16)14-9-12-5-3-2-4-6-12/h2-3,11-12H,4-10H2,1H3,(H,14,16). The molecule has 4 heteroatoms. The highest BCUT2D eigenvalue weighted by Crippen LogP contribution is 2.17. The van der Waals surface area contributed by atoms with Crippen LogP contribution in [0, 0.1) is 5.92 Å². The van der Waals surface area contributed by atoms with E-state index in [9.17, 15) is 4.79 Å². The number of ether oxygens (including phenoxy) is 1. The van der Waals surface area contributed by atoms with Gasteiger partial charge in [0.25, 0.3) is 0 Å². The number of amides is 2. The third-order valence-electron chi connectivity index (χ3n) is 3.45. The van der Waals surface area contributed by atoms with Crippen molar-refractivity contribution in [2.45, 2.75) is 32.3 Å². The number of allylic oxidation sites excluding steroid dienone is 2. The average molecular weight is 238 g/mol. The Morgan fingerprint density at radius 3 is 3.12 bits per heavy atom. The molecule has 0 saturated carbocycles. The van der Waals surface area contributed by atoms with Gasteiger partial charge in [-0.2, -0.15) is 0 Å². The first kappa shape index (κ1) is 12.4. The number of morpholine rings is 1. The lowest BCUT2D eigenvalue weighted by Gasteiger charge is -2.31. The lowest BCUT2D eigenvalue weighted by atomic mass is 9.94. The van der Waals surface area contributed by atoms with Crippen LogP contribution in [0.3, 0.4) is 0 Å². The summed E-state index contributed by atoms with van der Waals surface area (Å²) in [7, 11) is 0. The van der Waals surface area contributed by atoms with Crippen molar-refractivity contribution in [3.05, 3.63) is 12.2 Å². The molecule has 1 heterocycles. The minimum Gasteiger partial charge on any atom is -0.375 e. The number of nitrogens with zero attached hydrogens (tertiary/aromatic N) is 1. The second-order valence-corrected chi connectivity index (χ2v) is 4.96. The van der Waals surface area contributed by atoms with E-state index in [-0.39, 0.29) is 12.1 Å². The van der Waals surface area contributed by atoms with Crippen molar-refractivity contribution in [3.8, 4) is 0 Å². The molecule has 2 unspecified atom stereocenters. The summed E-state index contributed by atoms with van der Waals surface area (Å²) in [6.45, 7) is 4.87.